The predicted molar refractivity (Wildman–Crippen MR) is 73.3 cm³/mol. The lowest BCUT2D eigenvalue weighted by atomic mass is 9.88. The van der Waals surface area contributed by atoms with Crippen molar-refractivity contribution in [3.8, 4) is 5.75 Å². The molecule has 100 valence electrons. The van der Waals surface area contributed by atoms with Crippen molar-refractivity contribution in [3.63, 3.8) is 0 Å². The van der Waals surface area contributed by atoms with Gasteiger partial charge in [-0.15, -0.1) is 0 Å². The predicted octanol–water partition coefficient (Wildman–Crippen LogP) is 3.03. The molecule has 1 aliphatic heterocycles. The molecule has 3 unspecified atom stereocenters. The zero-order valence-electron chi connectivity index (χ0n) is 11.1. The number of methoxy groups -OCH3 is 1. The van der Waals surface area contributed by atoms with Crippen LogP contribution in [0.4, 0.5) is 0 Å². The van der Waals surface area contributed by atoms with Gasteiger partial charge in [-0.2, -0.15) is 0 Å². The van der Waals surface area contributed by atoms with Gasteiger partial charge < -0.3 is 14.8 Å². The summed E-state index contributed by atoms with van der Waals surface area (Å²) in [7, 11) is 3.62. The number of halogens is 1. The van der Waals surface area contributed by atoms with E-state index in [9.17, 15) is 0 Å². The molecule has 0 bridgehead atoms. The zero-order chi connectivity index (χ0) is 13.1. The Hall–Kier alpha value is -0.770. The van der Waals surface area contributed by atoms with E-state index in [1.165, 1.54) is 5.56 Å². The minimum atomic E-state index is 0.272. The molecule has 0 radical (unpaired) electrons. The van der Waals surface area contributed by atoms with Crippen LogP contribution in [0.15, 0.2) is 18.2 Å². The molecule has 1 N–H and O–H groups in total. The largest absolute Gasteiger partial charge is 0.495 e. The average molecular weight is 270 g/mol. The number of ether oxygens (including phenoxy) is 2. The number of hydrogen-bond acceptors (Lipinski definition) is 3. The molecular formula is C14H20ClNO2. The Morgan fingerprint density at radius 1 is 1.50 bits per heavy atom. The molecule has 3 nitrogen and oxygen atoms in total. The lowest BCUT2D eigenvalue weighted by Gasteiger charge is -2.26. The van der Waals surface area contributed by atoms with E-state index in [4.69, 9.17) is 21.1 Å². The molecule has 3 atom stereocenters. The van der Waals surface area contributed by atoms with Gasteiger partial charge in [-0.25, -0.2) is 0 Å². The molecule has 0 aliphatic carbocycles. The van der Waals surface area contributed by atoms with Crippen LogP contribution in [0.1, 0.15) is 24.9 Å². The summed E-state index contributed by atoms with van der Waals surface area (Å²) in [6, 6.07) is 6.22. The van der Waals surface area contributed by atoms with Gasteiger partial charge in [0.25, 0.3) is 0 Å². The molecule has 1 saturated heterocycles. The highest BCUT2D eigenvalue weighted by molar-refractivity contribution is 6.32. The molecule has 1 aromatic carbocycles. The summed E-state index contributed by atoms with van der Waals surface area (Å²) in [5, 5.41) is 4.03. The van der Waals surface area contributed by atoms with Gasteiger partial charge in [0.2, 0.25) is 0 Å². The molecule has 0 saturated carbocycles. The third-order valence-electron chi connectivity index (χ3n) is 3.71. The quantitative estimate of drug-likeness (QED) is 0.911. The van der Waals surface area contributed by atoms with Crippen molar-refractivity contribution < 1.29 is 9.47 Å². The van der Waals surface area contributed by atoms with Crippen LogP contribution < -0.4 is 10.1 Å². The first-order valence-corrected chi connectivity index (χ1v) is 6.67. The SMILES string of the molecule is CNC(c1ccc(Cl)c(OC)c1)C1CCOC1C. The second kappa shape index (κ2) is 5.91. The fourth-order valence-corrected chi connectivity index (χ4v) is 2.88. The molecular weight excluding hydrogens is 250 g/mol. The zero-order valence-corrected chi connectivity index (χ0v) is 11.8. The highest BCUT2D eigenvalue weighted by Crippen LogP contribution is 2.36. The maximum Gasteiger partial charge on any atom is 0.137 e. The Labute approximate surface area is 113 Å². The van der Waals surface area contributed by atoms with Crippen LogP contribution in [0, 0.1) is 5.92 Å². The fraction of sp³-hybridized carbons (Fsp3) is 0.571. The molecule has 1 heterocycles. The summed E-state index contributed by atoms with van der Waals surface area (Å²) >= 11 is 6.06. The van der Waals surface area contributed by atoms with E-state index in [0.717, 1.165) is 18.8 Å². The minimum absolute atomic E-state index is 0.272. The Morgan fingerprint density at radius 3 is 2.83 bits per heavy atom. The van der Waals surface area contributed by atoms with E-state index in [-0.39, 0.29) is 12.1 Å². The van der Waals surface area contributed by atoms with Gasteiger partial charge in [-0.3, -0.25) is 0 Å². The van der Waals surface area contributed by atoms with Gasteiger partial charge in [0, 0.05) is 18.6 Å². The van der Waals surface area contributed by atoms with Crippen LogP contribution in [-0.2, 0) is 4.74 Å². The van der Waals surface area contributed by atoms with E-state index in [1.807, 2.05) is 19.2 Å². The first-order valence-electron chi connectivity index (χ1n) is 6.29. The lowest BCUT2D eigenvalue weighted by molar-refractivity contribution is 0.0962. The Balaban J connectivity index is 2.27. The van der Waals surface area contributed by atoms with Gasteiger partial charge in [0.05, 0.1) is 18.2 Å². The Bertz CT molecular complexity index is 411. The summed E-state index contributed by atoms with van der Waals surface area (Å²) in [6.07, 6.45) is 1.36. The first kappa shape index (κ1) is 13.7. The van der Waals surface area contributed by atoms with Crippen LogP contribution in [-0.4, -0.2) is 26.9 Å². The summed E-state index contributed by atoms with van der Waals surface area (Å²) < 4.78 is 10.9. The van der Waals surface area contributed by atoms with E-state index in [1.54, 1.807) is 7.11 Å². The first-order chi connectivity index (χ1) is 8.67. The van der Waals surface area contributed by atoms with Crippen LogP contribution >= 0.6 is 11.6 Å². The van der Waals surface area contributed by atoms with Gasteiger partial charge in [0.1, 0.15) is 5.75 Å². The van der Waals surface area contributed by atoms with Crippen molar-refractivity contribution >= 4 is 11.6 Å². The molecule has 0 spiro atoms. The van der Waals surface area contributed by atoms with Crippen molar-refractivity contribution in [2.45, 2.75) is 25.5 Å². The lowest BCUT2D eigenvalue weighted by Crippen LogP contribution is -2.29. The molecule has 0 aromatic heterocycles. The second-order valence-electron chi connectivity index (χ2n) is 4.69. The molecule has 18 heavy (non-hydrogen) atoms. The summed E-state index contributed by atoms with van der Waals surface area (Å²) in [5.41, 5.74) is 1.20. The highest BCUT2D eigenvalue weighted by atomic mass is 35.5. The Kier molecular flexibility index (Phi) is 4.49. The maximum absolute atomic E-state index is 6.06. The smallest absolute Gasteiger partial charge is 0.137 e. The minimum Gasteiger partial charge on any atom is -0.495 e. The van der Waals surface area contributed by atoms with Crippen LogP contribution in [0.2, 0.25) is 5.02 Å². The van der Waals surface area contributed by atoms with E-state index in [2.05, 4.69) is 18.3 Å². The van der Waals surface area contributed by atoms with Crippen molar-refractivity contribution in [3.05, 3.63) is 28.8 Å². The standard InChI is InChI=1S/C14H20ClNO2/c1-9-11(6-7-18-9)14(16-2)10-4-5-12(15)13(8-10)17-3/h4-5,8-9,11,14,16H,6-7H2,1-3H3. The van der Waals surface area contributed by atoms with Gasteiger partial charge in [0.15, 0.2) is 0 Å². The average Bonchev–Trinajstić information content (AvgIpc) is 2.79. The monoisotopic (exact) mass is 269 g/mol. The highest BCUT2D eigenvalue weighted by Gasteiger charge is 2.32. The second-order valence-corrected chi connectivity index (χ2v) is 5.10. The van der Waals surface area contributed by atoms with Crippen molar-refractivity contribution in [1.29, 1.82) is 0 Å². The summed E-state index contributed by atoms with van der Waals surface area (Å²) in [4.78, 5) is 0. The van der Waals surface area contributed by atoms with Gasteiger partial charge >= 0.3 is 0 Å². The molecule has 1 fully saturated rings. The number of hydrogen-bond donors (Lipinski definition) is 1. The molecule has 0 amide bonds. The molecule has 2 rings (SSSR count). The summed E-state index contributed by atoms with van der Waals surface area (Å²) in [6.45, 7) is 2.98. The number of nitrogens with one attached hydrogen (secondary N) is 1. The van der Waals surface area contributed by atoms with Crippen molar-refractivity contribution in [1.82, 2.24) is 5.32 Å². The van der Waals surface area contributed by atoms with Crippen LogP contribution in [0.25, 0.3) is 0 Å². The van der Waals surface area contributed by atoms with Crippen LogP contribution in [0.5, 0.6) is 5.75 Å². The third-order valence-corrected chi connectivity index (χ3v) is 4.02. The van der Waals surface area contributed by atoms with Crippen molar-refractivity contribution in [2.75, 3.05) is 20.8 Å². The Morgan fingerprint density at radius 2 is 2.28 bits per heavy atom. The molecule has 4 heteroatoms. The van der Waals surface area contributed by atoms with E-state index in [0.29, 0.717) is 10.9 Å². The number of rotatable bonds is 4. The van der Waals surface area contributed by atoms with Crippen LogP contribution in [0.3, 0.4) is 0 Å². The van der Waals surface area contributed by atoms with E-state index >= 15 is 0 Å². The van der Waals surface area contributed by atoms with Gasteiger partial charge in [-0.05, 0) is 38.1 Å². The van der Waals surface area contributed by atoms with E-state index < -0.39 is 0 Å². The normalized spacial score (nSPS) is 25.1. The van der Waals surface area contributed by atoms with Gasteiger partial charge in [-0.1, -0.05) is 17.7 Å². The number of benzene rings is 1. The van der Waals surface area contributed by atoms with Crippen molar-refractivity contribution in [2.24, 2.45) is 5.92 Å². The summed E-state index contributed by atoms with van der Waals surface area (Å²) in [5.74, 6) is 1.21. The topological polar surface area (TPSA) is 30.5 Å². The molecule has 1 aliphatic rings. The fourth-order valence-electron chi connectivity index (χ4n) is 2.68. The maximum atomic E-state index is 6.06. The molecule has 1 aromatic rings. The third kappa shape index (κ3) is 2.63.